The van der Waals surface area contributed by atoms with Crippen molar-refractivity contribution in [3.63, 3.8) is 0 Å². The maximum atomic E-state index is 11.0. The standard InChI is InChI=1S/C15H24N2O4/c1-5-15(16,6-2)10-20-12-7-8-13(17(18)19)14(9-12)21-11(3)4/h7-9,11H,5-6,10,16H2,1-4H3. The Hall–Kier alpha value is -1.82. The normalized spacial score (nSPS) is 11.5. The Morgan fingerprint density at radius 2 is 1.95 bits per heavy atom. The van der Waals surface area contributed by atoms with Crippen LogP contribution in [0.2, 0.25) is 0 Å². The third-order valence-corrected chi connectivity index (χ3v) is 3.43. The summed E-state index contributed by atoms with van der Waals surface area (Å²) in [7, 11) is 0. The fourth-order valence-electron chi connectivity index (χ4n) is 1.76. The Balaban J connectivity index is 2.92. The molecule has 0 heterocycles. The summed E-state index contributed by atoms with van der Waals surface area (Å²) in [6.07, 6.45) is 1.44. The van der Waals surface area contributed by atoms with Gasteiger partial charge in [-0.1, -0.05) is 13.8 Å². The summed E-state index contributed by atoms with van der Waals surface area (Å²) in [6.45, 7) is 8.01. The zero-order chi connectivity index (χ0) is 16.0. The summed E-state index contributed by atoms with van der Waals surface area (Å²) in [5.74, 6) is 0.732. The predicted octanol–water partition coefficient (Wildman–Crippen LogP) is 3.28. The van der Waals surface area contributed by atoms with Crippen LogP contribution in [0.25, 0.3) is 0 Å². The highest BCUT2D eigenvalue weighted by Gasteiger charge is 2.22. The Labute approximate surface area is 125 Å². The van der Waals surface area contributed by atoms with Gasteiger partial charge in [-0.15, -0.1) is 0 Å². The van der Waals surface area contributed by atoms with Crippen LogP contribution >= 0.6 is 0 Å². The SMILES string of the molecule is CCC(N)(CC)COc1ccc([N+](=O)[O-])c(OC(C)C)c1. The topological polar surface area (TPSA) is 87.6 Å². The van der Waals surface area contributed by atoms with Crippen molar-refractivity contribution in [2.75, 3.05) is 6.61 Å². The van der Waals surface area contributed by atoms with Crippen LogP contribution in [0.3, 0.4) is 0 Å². The van der Waals surface area contributed by atoms with E-state index in [0.29, 0.717) is 12.4 Å². The van der Waals surface area contributed by atoms with Gasteiger partial charge < -0.3 is 15.2 Å². The summed E-state index contributed by atoms with van der Waals surface area (Å²) >= 11 is 0. The van der Waals surface area contributed by atoms with Gasteiger partial charge in [0, 0.05) is 17.7 Å². The second-order valence-corrected chi connectivity index (χ2v) is 5.41. The molecule has 0 saturated carbocycles. The minimum Gasteiger partial charge on any atom is -0.492 e. The molecule has 0 aliphatic rings. The van der Waals surface area contributed by atoms with Crippen LogP contribution in [0, 0.1) is 10.1 Å². The summed E-state index contributed by atoms with van der Waals surface area (Å²) < 4.78 is 11.2. The number of nitrogens with two attached hydrogens (primary N) is 1. The lowest BCUT2D eigenvalue weighted by atomic mass is 9.96. The van der Waals surface area contributed by atoms with Gasteiger partial charge >= 0.3 is 5.69 Å². The lowest BCUT2D eigenvalue weighted by Crippen LogP contribution is -2.44. The first-order valence-corrected chi connectivity index (χ1v) is 7.18. The van der Waals surface area contributed by atoms with Crippen molar-refractivity contribution in [1.82, 2.24) is 0 Å². The van der Waals surface area contributed by atoms with Crippen molar-refractivity contribution in [2.24, 2.45) is 5.73 Å². The van der Waals surface area contributed by atoms with E-state index in [4.69, 9.17) is 15.2 Å². The third-order valence-electron chi connectivity index (χ3n) is 3.43. The van der Waals surface area contributed by atoms with Gasteiger partial charge in [0.05, 0.1) is 11.0 Å². The minimum atomic E-state index is -0.465. The first-order chi connectivity index (χ1) is 9.81. The van der Waals surface area contributed by atoms with E-state index in [1.165, 1.54) is 6.07 Å². The van der Waals surface area contributed by atoms with Gasteiger partial charge in [-0.25, -0.2) is 0 Å². The minimum absolute atomic E-state index is 0.0685. The van der Waals surface area contributed by atoms with Crippen LogP contribution in [0.5, 0.6) is 11.5 Å². The van der Waals surface area contributed by atoms with E-state index in [0.717, 1.165) is 12.8 Å². The molecule has 0 atom stereocenters. The van der Waals surface area contributed by atoms with E-state index in [1.54, 1.807) is 12.1 Å². The van der Waals surface area contributed by atoms with Crippen LogP contribution < -0.4 is 15.2 Å². The Morgan fingerprint density at radius 3 is 2.43 bits per heavy atom. The monoisotopic (exact) mass is 296 g/mol. The second-order valence-electron chi connectivity index (χ2n) is 5.41. The van der Waals surface area contributed by atoms with E-state index in [1.807, 2.05) is 27.7 Å². The van der Waals surface area contributed by atoms with E-state index in [9.17, 15) is 10.1 Å². The molecule has 6 heteroatoms. The molecule has 21 heavy (non-hydrogen) atoms. The molecule has 0 spiro atoms. The molecular weight excluding hydrogens is 272 g/mol. The molecule has 1 aromatic carbocycles. The lowest BCUT2D eigenvalue weighted by molar-refractivity contribution is -0.386. The number of nitrogens with zero attached hydrogens (tertiary/aromatic N) is 1. The Morgan fingerprint density at radius 1 is 1.33 bits per heavy atom. The van der Waals surface area contributed by atoms with Crippen LogP contribution in [0.4, 0.5) is 5.69 Å². The summed E-state index contributed by atoms with van der Waals surface area (Å²) in [4.78, 5) is 10.5. The van der Waals surface area contributed by atoms with Gasteiger partial charge in [0.2, 0.25) is 5.75 Å². The third kappa shape index (κ3) is 4.90. The molecule has 1 aromatic rings. The van der Waals surface area contributed by atoms with Crippen molar-refractivity contribution in [2.45, 2.75) is 52.2 Å². The van der Waals surface area contributed by atoms with Crippen LogP contribution in [-0.4, -0.2) is 23.2 Å². The quantitative estimate of drug-likeness (QED) is 0.587. The summed E-state index contributed by atoms with van der Waals surface area (Å²) in [5.41, 5.74) is 5.72. The van der Waals surface area contributed by atoms with Crippen LogP contribution in [-0.2, 0) is 0 Å². The van der Waals surface area contributed by atoms with E-state index >= 15 is 0 Å². The van der Waals surface area contributed by atoms with Crippen molar-refractivity contribution in [3.8, 4) is 11.5 Å². The molecule has 0 radical (unpaired) electrons. The molecule has 0 unspecified atom stereocenters. The molecule has 118 valence electrons. The number of hydrogen-bond acceptors (Lipinski definition) is 5. The highest BCUT2D eigenvalue weighted by atomic mass is 16.6. The molecule has 0 fully saturated rings. The number of nitro benzene ring substituents is 1. The molecule has 1 rings (SSSR count). The molecule has 0 saturated heterocycles. The average molecular weight is 296 g/mol. The van der Waals surface area contributed by atoms with Gasteiger partial charge in [-0.3, -0.25) is 10.1 Å². The molecule has 0 aliphatic heterocycles. The smallest absolute Gasteiger partial charge is 0.311 e. The summed E-state index contributed by atoms with van der Waals surface area (Å²) in [6, 6.07) is 4.50. The Kier molecular flexibility index (Phi) is 5.96. The molecule has 0 amide bonds. The van der Waals surface area contributed by atoms with Crippen LogP contribution in [0.1, 0.15) is 40.5 Å². The maximum Gasteiger partial charge on any atom is 0.311 e. The van der Waals surface area contributed by atoms with Gasteiger partial charge in [0.15, 0.2) is 0 Å². The fourth-order valence-corrected chi connectivity index (χ4v) is 1.76. The molecule has 2 N–H and O–H groups in total. The molecular formula is C15H24N2O4. The Bertz CT molecular complexity index is 485. The second kappa shape index (κ2) is 7.26. The van der Waals surface area contributed by atoms with E-state index in [2.05, 4.69) is 0 Å². The molecule has 0 bridgehead atoms. The van der Waals surface area contributed by atoms with Crippen molar-refractivity contribution in [1.29, 1.82) is 0 Å². The van der Waals surface area contributed by atoms with Gasteiger partial charge in [0.25, 0.3) is 0 Å². The number of hydrogen-bond donors (Lipinski definition) is 1. The highest BCUT2D eigenvalue weighted by molar-refractivity contribution is 5.50. The number of ether oxygens (including phenoxy) is 2. The van der Waals surface area contributed by atoms with Crippen molar-refractivity contribution in [3.05, 3.63) is 28.3 Å². The van der Waals surface area contributed by atoms with E-state index in [-0.39, 0.29) is 23.1 Å². The number of nitro groups is 1. The van der Waals surface area contributed by atoms with Crippen molar-refractivity contribution >= 4 is 5.69 Å². The van der Waals surface area contributed by atoms with Crippen LogP contribution in [0.15, 0.2) is 18.2 Å². The van der Waals surface area contributed by atoms with Crippen molar-refractivity contribution < 1.29 is 14.4 Å². The number of rotatable bonds is 8. The van der Waals surface area contributed by atoms with Gasteiger partial charge in [0.1, 0.15) is 12.4 Å². The molecule has 6 nitrogen and oxygen atoms in total. The predicted molar refractivity (Wildman–Crippen MR) is 81.9 cm³/mol. The van der Waals surface area contributed by atoms with Gasteiger partial charge in [-0.2, -0.15) is 0 Å². The molecule has 0 aliphatic carbocycles. The summed E-state index contributed by atoms with van der Waals surface area (Å²) in [5, 5.41) is 11.0. The average Bonchev–Trinajstić information content (AvgIpc) is 2.44. The first-order valence-electron chi connectivity index (χ1n) is 7.18. The highest BCUT2D eigenvalue weighted by Crippen LogP contribution is 2.32. The zero-order valence-electron chi connectivity index (χ0n) is 13.1. The fraction of sp³-hybridized carbons (Fsp3) is 0.600. The largest absolute Gasteiger partial charge is 0.492 e. The van der Waals surface area contributed by atoms with E-state index < -0.39 is 4.92 Å². The lowest BCUT2D eigenvalue weighted by Gasteiger charge is -2.26. The number of benzene rings is 1. The zero-order valence-corrected chi connectivity index (χ0v) is 13.1. The van der Waals surface area contributed by atoms with Gasteiger partial charge in [-0.05, 0) is 32.8 Å². The maximum absolute atomic E-state index is 11.0. The molecule has 0 aromatic heterocycles. The first kappa shape index (κ1) is 17.2.